The molecule has 30 aliphatic rings. The van der Waals surface area contributed by atoms with E-state index < -0.39 is 0 Å². The fourth-order valence-corrected chi connectivity index (χ4v) is 47.7. The van der Waals surface area contributed by atoms with Crippen molar-refractivity contribution in [3.63, 3.8) is 0 Å². The minimum atomic E-state index is -0.388. The second-order valence-corrected chi connectivity index (χ2v) is 58.6. The Labute approximate surface area is 882 Å². The number of methoxy groups -OCH3 is 6. The maximum absolute atomic E-state index is 12.7. The lowest BCUT2D eigenvalue weighted by Gasteiger charge is -2.69. The molecule has 21 nitrogen and oxygen atoms in total. The molecule has 28 fully saturated rings. The Morgan fingerprint density at radius 3 is 0.728 bits per heavy atom. The van der Waals surface area contributed by atoms with E-state index in [4.69, 9.17) is 28.4 Å². The molecule has 0 aromatic rings. The number of hydrogen-bond acceptors (Lipinski definition) is 21. The molecule has 9 N–H and O–H groups in total. The first-order valence-electron chi connectivity index (χ1n) is 59.9. The summed E-state index contributed by atoms with van der Waals surface area (Å²) in [5.74, 6) is 8.17. The fraction of sp³-hybridized carbons (Fsp3) is 0.905. The van der Waals surface area contributed by atoms with Crippen LogP contribution in [0.15, 0.2) is 36.0 Å². The molecule has 147 heavy (non-hydrogen) atoms. The molecule has 0 aromatic heterocycles. The number of aliphatic hydroxyl groups excluding tert-OH is 9. The third-order valence-corrected chi connectivity index (χ3v) is 54.5. The van der Waals surface area contributed by atoms with Crippen molar-refractivity contribution in [2.24, 2.45) is 222 Å². The van der Waals surface area contributed by atoms with Crippen LogP contribution in [0.3, 0.4) is 0 Å². The highest BCUT2D eigenvalue weighted by Crippen LogP contribution is 2.81. The van der Waals surface area contributed by atoms with Crippen molar-refractivity contribution in [2.45, 2.75) is 422 Å². The van der Waals surface area contributed by atoms with Gasteiger partial charge >= 0.3 is 35.8 Å². The van der Waals surface area contributed by atoms with Gasteiger partial charge in [-0.3, -0.25) is 28.8 Å². The number of carbonyl (C=O) groups is 6. The summed E-state index contributed by atoms with van der Waals surface area (Å²) >= 11 is 0. The predicted octanol–water partition coefficient (Wildman–Crippen LogP) is 21.8. The number of carbonyl (C=O) groups excluding carboxylic acids is 6. The molecule has 12 bridgehead atoms. The number of rotatable bonds is 10. The van der Waals surface area contributed by atoms with Crippen LogP contribution in [-0.4, -0.2) is 181 Å². The van der Waals surface area contributed by atoms with E-state index in [0.29, 0.717) is 107 Å². The molecular formula is C126H198O21. The second-order valence-electron chi connectivity index (χ2n) is 58.6. The van der Waals surface area contributed by atoms with Crippen molar-refractivity contribution in [1.29, 1.82) is 0 Å². The van der Waals surface area contributed by atoms with Crippen molar-refractivity contribution in [3.05, 3.63) is 36.0 Å². The third-order valence-electron chi connectivity index (χ3n) is 54.5. The summed E-state index contributed by atoms with van der Waals surface area (Å²) < 4.78 is 31.3. The Balaban J connectivity index is 0.000000111. The van der Waals surface area contributed by atoms with E-state index in [-0.39, 0.29) is 208 Å². The van der Waals surface area contributed by atoms with Gasteiger partial charge in [0.25, 0.3) is 0 Å². The standard InChI is InChI=1S/3C21H34O4.3C21H32O3/c3*1-19-7-4-8-20(2,18(24)25-3)15(19)6-10-21-9-5-13(11-16(19)21)14(12-22)17(21)23;2*1-13-14-6-10-21(17(13)22)11-7-15-19(2,16(21)12-14)8-5-9-20(15,3)18(23)24-4;1-19-7-4-8-20(2,18(23)24-3)16(19)6-10-21-9-5-14(11-17(19)21)15(12-21)13-22/h3*13-17,22-23H,4-12H2,1-3H3;2*14-17,22H,1,5-12H2,2-4H3;12,14,16-17,22H,4-11,13H2,1-3H3/t13-,14+,15-,16-,17+,19+,20+,21-;13-,14-,15-,16-,17+,19+,20+,21-;13-,14-,15-,16-,17-,19+,20+,21-;14-,15-,16-,17+,19+,20+,21-;14-,15-,16-,17-,19+,20+,21-;14-,16-,17-,19+,20+,21+/m000000/s1. The summed E-state index contributed by atoms with van der Waals surface area (Å²) in [6.07, 6.45) is 53.1. The molecule has 0 heterocycles. The van der Waals surface area contributed by atoms with Gasteiger partial charge in [-0.25, -0.2) is 0 Å². The van der Waals surface area contributed by atoms with Crippen LogP contribution < -0.4 is 0 Å². The smallest absolute Gasteiger partial charge is 0.311 e. The van der Waals surface area contributed by atoms with E-state index in [2.05, 4.69) is 102 Å². The quantitative estimate of drug-likeness (QED) is 0.0557. The van der Waals surface area contributed by atoms with Gasteiger partial charge in [-0.1, -0.05) is 99.3 Å². The molecule has 44 atom stereocenters. The summed E-state index contributed by atoms with van der Waals surface area (Å²) in [5.41, 5.74) is 2.28. The van der Waals surface area contributed by atoms with Gasteiger partial charge in [0.1, 0.15) is 0 Å². The van der Waals surface area contributed by atoms with Crippen molar-refractivity contribution in [2.75, 3.05) is 69.1 Å². The Kier molecular flexibility index (Phi) is 29.5. The molecule has 0 unspecified atom stereocenters. The zero-order valence-electron chi connectivity index (χ0n) is 94.2. The number of fused-ring (bicyclic) bond motifs is 17. The zero-order valence-corrected chi connectivity index (χ0v) is 94.2. The minimum absolute atomic E-state index is 0.00179. The van der Waals surface area contributed by atoms with Crippen molar-refractivity contribution >= 4 is 35.8 Å². The molecule has 0 amide bonds. The van der Waals surface area contributed by atoms with Crippen LogP contribution in [0.5, 0.6) is 0 Å². The molecule has 0 radical (unpaired) electrons. The molecule has 0 aromatic carbocycles. The number of aliphatic hydroxyl groups is 9. The van der Waals surface area contributed by atoms with Gasteiger partial charge in [0.15, 0.2) is 0 Å². The molecular weight excluding hydrogens is 1850 g/mol. The zero-order chi connectivity index (χ0) is 106. The van der Waals surface area contributed by atoms with Gasteiger partial charge in [-0.2, -0.15) is 0 Å². The number of allylic oxidation sites excluding steroid dienone is 1. The molecule has 0 aliphatic heterocycles. The first-order valence-corrected chi connectivity index (χ1v) is 59.9. The normalized spacial score (nSPS) is 53.3. The minimum Gasteiger partial charge on any atom is -0.469 e. The van der Waals surface area contributed by atoms with Crippen LogP contribution in [0, 0.1) is 222 Å². The molecule has 21 heteroatoms. The first kappa shape index (κ1) is 111. The molecule has 828 valence electrons. The lowest BCUT2D eigenvalue weighted by atomic mass is 9.35. The van der Waals surface area contributed by atoms with Crippen LogP contribution in [0.2, 0.25) is 0 Å². The van der Waals surface area contributed by atoms with Gasteiger partial charge < -0.3 is 74.4 Å². The Morgan fingerprint density at radius 1 is 0.265 bits per heavy atom. The van der Waals surface area contributed by atoms with Crippen LogP contribution >= 0.6 is 0 Å². The maximum Gasteiger partial charge on any atom is 0.311 e. The highest BCUT2D eigenvalue weighted by molar-refractivity contribution is 5.80. The van der Waals surface area contributed by atoms with E-state index >= 15 is 0 Å². The summed E-state index contributed by atoms with van der Waals surface area (Å²) in [5, 5.41) is 94.9. The van der Waals surface area contributed by atoms with E-state index in [1.807, 2.05) is 0 Å². The molecule has 6 spiro atoms. The topological polar surface area (TPSA) is 340 Å². The van der Waals surface area contributed by atoms with Gasteiger partial charge in [-0.15, -0.1) is 0 Å². The van der Waals surface area contributed by atoms with Crippen LogP contribution in [0.1, 0.15) is 391 Å². The molecule has 0 saturated heterocycles. The SMILES string of the molecule is C=C1[C@H]2CC[C@@]3(CC[C@H]4[C@@](C)(CCC[C@@]4(C)C(=O)OC)[C@@H]3C2)[C@@H]1O.C=C1[C@H]2CC[C@@]3(CC[C@H]4[C@@](C)(CCC[C@@]4(C)C(=O)OC)[C@@H]3C2)[C@H]1O.COC(=O)[C@]1(C)CCC[C@@]2(C)[C@@H]3C[C@@H]4CC[C@@]3(CC[C@@H]21)[C@@H](O)[C@H]4CO.COC(=O)[C@]1(C)CCC[C@@]2(C)[C@@H]3C[C@@H]4CC[C@@]3(CC[C@@H]21)[C@H](O)[C@@H]4CO.COC(=O)[C@]1(C)CCC[C@@]2(C)[C@@H]3C[C@@H]4CC[C@@]3(CC[C@@H]21)[C@H](O)[C@H]4CO.COC(=O)[C@]1(C)CCC[C@@]2(C)[C@@H]3C[C@@H]4CC[C@]3(C=C4CO)CC[C@@H]21. The van der Waals surface area contributed by atoms with Crippen LogP contribution in [0.4, 0.5) is 0 Å². The van der Waals surface area contributed by atoms with Crippen molar-refractivity contribution < 1.29 is 103 Å². The lowest BCUT2D eigenvalue weighted by Crippen LogP contribution is -2.67. The van der Waals surface area contributed by atoms with E-state index in [0.717, 1.165) is 249 Å². The van der Waals surface area contributed by atoms with Gasteiger partial charge in [0, 0.05) is 64.6 Å². The number of esters is 6. The Hall–Kier alpha value is -4.32. The van der Waals surface area contributed by atoms with Crippen LogP contribution in [-0.2, 0) is 57.2 Å². The Bertz CT molecular complexity index is 4650. The monoisotopic (exact) mass is 2050 g/mol. The molecule has 30 rings (SSSR count). The molecule has 28 saturated carbocycles. The lowest BCUT2D eigenvalue weighted by molar-refractivity contribution is -0.248. The average molecular weight is 2050 g/mol. The maximum atomic E-state index is 12.7. The Morgan fingerprint density at radius 2 is 0.476 bits per heavy atom. The summed E-state index contributed by atoms with van der Waals surface area (Å²) in [6, 6.07) is 0. The molecule has 30 aliphatic carbocycles. The van der Waals surface area contributed by atoms with Gasteiger partial charge in [0.05, 0.1) is 112 Å². The van der Waals surface area contributed by atoms with Crippen molar-refractivity contribution in [3.8, 4) is 0 Å². The number of ether oxygens (including phenoxy) is 6. The van der Waals surface area contributed by atoms with E-state index in [9.17, 15) is 74.7 Å². The highest BCUT2D eigenvalue weighted by Gasteiger charge is 2.77. The van der Waals surface area contributed by atoms with Crippen LogP contribution in [0.25, 0.3) is 0 Å². The third kappa shape index (κ3) is 15.8. The van der Waals surface area contributed by atoms with E-state index in [1.165, 1.54) is 112 Å². The predicted molar refractivity (Wildman–Crippen MR) is 564 cm³/mol. The largest absolute Gasteiger partial charge is 0.469 e. The number of hydrogen-bond donors (Lipinski definition) is 9. The van der Waals surface area contributed by atoms with E-state index in [1.54, 1.807) is 7.11 Å². The average Bonchev–Trinajstić information content (AvgIpc) is 0.691. The summed E-state index contributed by atoms with van der Waals surface area (Å²) in [6.45, 7) is 36.3. The van der Waals surface area contributed by atoms with Gasteiger partial charge in [-0.05, 0) is 472 Å². The van der Waals surface area contributed by atoms with Crippen molar-refractivity contribution in [1.82, 2.24) is 0 Å². The second kappa shape index (κ2) is 39.1. The highest BCUT2D eigenvalue weighted by atomic mass is 16.5. The first-order chi connectivity index (χ1) is 69.5. The summed E-state index contributed by atoms with van der Waals surface area (Å²) in [4.78, 5) is 75.9. The van der Waals surface area contributed by atoms with Gasteiger partial charge in [0.2, 0.25) is 0 Å². The summed E-state index contributed by atoms with van der Waals surface area (Å²) in [7, 11) is 9.15. The fourth-order valence-electron chi connectivity index (χ4n) is 47.7.